The van der Waals surface area contributed by atoms with Crippen LogP contribution in [0.5, 0.6) is 0 Å². The van der Waals surface area contributed by atoms with Crippen LogP contribution in [0.4, 0.5) is 0 Å². The van der Waals surface area contributed by atoms with E-state index in [1.165, 1.54) is 0 Å². The van der Waals surface area contributed by atoms with Crippen molar-refractivity contribution >= 4 is 0 Å². The van der Waals surface area contributed by atoms with E-state index in [-0.39, 0.29) is 6.04 Å². The molecule has 1 aromatic heterocycles. The van der Waals surface area contributed by atoms with E-state index in [2.05, 4.69) is 15.5 Å². The molecule has 1 atom stereocenters. The van der Waals surface area contributed by atoms with Crippen molar-refractivity contribution in [2.75, 3.05) is 19.8 Å². The van der Waals surface area contributed by atoms with E-state index in [0.717, 1.165) is 24.3 Å². The number of aromatic nitrogens is 2. The number of nitrogens with one attached hydrogen (secondary N) is 1. The molecule has 0 saturated carbocycles. The smallest absolute Gasteiger partial charge is 0.228 e. The first-order valence-corrected chi connectivity index (χ1v) is 6.52. The fourth-order valence-corrected chi connectivity index (χ4v) is 2.23. The number of rotatable bonds is 3. The SMILES string of the molecule is Cc1ccccc1-c1noc(CC2COCCN2)n1. The highest BCUT2D eigenvalue weighted by Crippen LogP contribution is 2.20. The van der Waals surface area contributed by atoms with Crippen LogP contribution in [0.3, 0.4) is 0 Å². The Kier molecular flexibility index (Phi) is 3.57. The van der Waals surface area contributed by atoms with Crippen LogP contribution in [0, 0.1) is 6.92 Å². The van der Waals surface area contributed by atoms with Crippen molar-refractivity contribution in [3.8, 4) is 11.4 Å². The molecule has 0 amide bonds. The summed E-state index contributed by atoms with van der Waals surface area (Å²) in [6, 6.07) is 8.30. The molecule has 1 aliphatic rings. The summed E-state index contributed by atoms with van der Waals surface area (Å²) in [6.45, 7) is 4.39. The molecule has 2 heterocycles. The Morgan fingerprint density at radius 3 is 3.05 bits per heavy atom. The van der Waals surface area contributed by atoms with E-state index in [1.54, 1.807) is 0 Å². The predicted molar refractivity (Wildman–Crippen MR) is 70.8 cm³/mol. The summed E-state index contributed by atoms with van der Waals surface area (Å²) >= 11 is 0. The van der Waals surface area contributed by atoms with Gasteiger partial charge in [0.05, 0.1) is 13.2 Å². The van der Waals surface area contributed by atoms with E-state index >= 15 is 0 Å². The van der Waals surface area contributed by atoms with Crippen molar-refractivity contribution < 1.29 is 9.26 Å². The van der Waals surface area contributed by atoms with Gasteiger partial charge in [-0.3, -0.25) is 0 Å². The van der Waals surface area contributed by atoms with Crippen molar-refractivity contribution in [1.82, 2.24) is 15.5 Å². The number of benzene rings is 1. The van der Waals surface area contributed by atoms with Gasteiger partial charge < -0.3 is 14.6 Å². The summed E-state index contributed by atoms with van der Waals surface area (Å²) in [7, 11) is 0. The van der Waals surface area contributed by atoms with Crippen molar-refractivity contribution in [2.24, 2.45) is 0 Å². The molecule has 2 aromatic rings. The van der Waals surface area contributed by atoms with Crippen molar-refractivity contribution in [3.63, 3.8) is 0 Å². The van der Waals surface area contributed by atoms with Crippen LogP contribution in [0.15, 0.2) is 28.8 Å². The highest BCUT2D eigenvalue weighted by atomic mass is 16.5. The molecule has 1 saturated heterocycles. The standard InChI is InChI=1S/C14H17N3O2/c1-10-4-2-3-5-12(10)14-16-13(19-17-14)8-11-9-18-7-6-15-11/h2-5,11,15H,6-9H2,1H3. The topological polar surface area (TPSA) is 60.2 Å². The first-order valence-electron chi connectivity index (χ1n) is 6.52. The number of ether oxygens (including phenoxy) is 1. The van der Waals surface area contributed by atoms with E-state index < -0.39 is 0 Å². The second-order valence-electron chi connectivity index (χ2n) is 4.76. The summed E-state index contributed by atoms with van der Waals surface area (Å²) < 4.78 is 10.7. The summed E-state index contributed by atoms with van der Waals surface area (Å²) in [5.41, 5.74) is 2.17. The number of nitrogens with zero attached hydrogens (tertiary/aromatic N) is 2. The van der Waals surface area contributed by atoms with Gasteiger partial charge in [-0.2, -0.15) is 4.98 Å². The zero-order chi connectivity index (χ0) is 13.1. The molecule has 5 heteroatoms. The van der Waals surface area contributed by atoms with Gasteiger partial charge in [-0.1, -0.05) is 29.4 Å². The van der Waals surface area contributed by atoms with E-state index in [9.17, 15) is 0 Å². The zero-order valence-electron chi connectivity index (χ0n) is 10.9. The molecule has 1 N–H and O–H groups in total. The second-order valence-corrected chi connectivity index (χ2v) is 4.76. The number of morpholine rings is 1. The first-order chi connectivity index (χ1) is 9.33. The van der Waals surface area contributed by atoms with Gasteiger partial charge in [0.2, 0.25) is 11.7 Å². The number of aryl methyl sites for hydroxylation is 1. The molecule has 3 rings (SSSR count). The molecule has 1 unspecified atom stereocenters. The van der Waals surface area contributed by atoms with Gasteiger partial charge in [-0.25, -0.2) is 0 Å². The summed E-state index contributed by atoms with van der Waals surface area (Å²) in [5.74, 6) is 1.31. The molecular weight excluding hydrogens is 242 g/mol. The molecule has 0 bridgehead atoms. The number of hydrogen-bond donors (Lipinski definition) is 1. The maximum absolute atomic E-state index is 5.41. The zero-order valence-corrected chi connectivity index (χ0v) is 10.9. The molecular formula is C14H17N3O2. The molecule has 0 spiro atoms. The van der Waals surface area contributed by atoms with Gasteiger partial charge in [0.25, 0.3) is 0 Å². The Morgan fingerprint density at radius 2 is 2.26 bits per heavy atom. The van der Waals surface area contributed by atoms with E-state index in [4.69, 9.17) is 9.26 Å². The van der Waals surface area contributed by atoms with E-state index in [0.29, 0.717) is 24.7 Å². The quantitative estimate of drug-likeness (QED) is 0.906. The Hall–Kier alpha value is -1.72. The minimum absolute atomic E-state index is 0.263. The van der Waals surface area contributed by atoms with Gasteiger partial charge >= 0.3 is 0 Å². The summed E-state index contributed by atoms with van der Waals surface area (Å²) in [6.07, 6.45) is 0.707. The van der Waals surface area contributed by atoms with Gasteiger partial charge in [0.15, 0.2) is 0 Å². The molecule has 19 heavy (non-hydrogen) atoms. The molecule has 0 aliphatic carbocycles. The normalized spacial score (nSPS) is 19.5. The fourth-order valence-electron chi connectivity index (χ4n) is 2.23. The maximum Gasteiger partial charge on any atom is 0.228 e. The third kappa shape index (κ3) is 2.83. The second kappa shape index (κ2) is 5.50. The monoisotopic (exact) mass is 259 g/mol. The van der Waals surface area contributed by atoms with Gasteiger partial charge in [0.1, 0.15) is 0 Å². The lowest BCUT2D eigenvalue weighted by atomic mass is 10.1. The maximum atomic E-state index is 5.41. The van der Waals surface area contributed by atoms with Crippen molar-refractivity contribution in [2.45, 2.75) is 19.4 Å². The van der Waals surface area contributed by atoms with Crippen LogP contribution >= 0.6 is 0 Å². The highest BCUT2D eigenvalue weighted by molar-refractivity contribution is 5.58. The Balaban J connectivity index is 1.74. The molecule has 1 aromatic carbocycles. The van der Waals surface area contributed by atoms with Crippen LogP contribution in [0.1, 0.15) is 11.5 Å². The average Bonchev–Trinajstić information content (AvgIpc) is 2.89. The van der Waals surface area contributed by atoms with Crippen LogP contribution < -0.4 is 5.32 Å². The summed E-state index contributed by atoms with van der Waals surface area (Å²) in [5, 5.41) is 7.43. The lowest BCUT2D eigenvalue weighted by Crippen LogP contribution is -2.42. The highest BCUT2D eigenvalue weighted by Gasteiger charge is 2.18. The predicted octanol–water partition coefficient (Wildman–Crippen LogP) is 1.58. The lowest BCUT2D eigenvalue weighted by Gasteiger charge is -2.22. The van der Waals surface area contributed by atoms with Crippen LogP contribution in [-0.4, -0.2) is 35.9 Å². The van der Waals surface area contributed by atoms with Gasteiger partial charge in [-0.15, -0.1) is 0 Å². The molecule has 1 aliphatic heterocycles. The summed E-state index contributed by atoms with van der Waals surface area (Å²) in [4.78, 5) is 4.46. The largest absolute Gasteiger partial charge is 0.378 e. The lowest BCUT2D eigenvalue weighted by molar-refractivity contribution is 0.0744. The third-order valence-electron chi connectivity index (χ3n) is 3.27. The van der Waals surface area contributed by atoms with Gasteiger partial charge in [0, 0.05) is 24.6 Å². The van der Waals surface area contributed by atoms with Crippen LogP contribution in [0.2, 0.25) is 0 Å². The Bertz CT molecular complexity index is 547. The molecule has 0 radical (unpaired) electrons. The minimum Gasteiger partial charge on any atom is -0.378 e. The average molecular weight is 259 g/mol. The number of hydrogen-bond acceptors (Lipinski definition) is 5. The Labute approximate surface area is 112 Å². The molecule has 5 nitrogen and oxygen atoms in total. The minimum atomic E-state index is 0.263. The van der Waals surface area contributed by atoms with Crippen molar-refractivity contribution in [1.29, 1.82) is 0 Å². The first kappa shape index (κ1) is 12.3. The van der Waals surface area contributed by atoms with E-state index in [1.807, 2.05) is 31.2 Å². The van der Waals surface area contributed by atoms with Gasteiger partial charge in [-0.05, 0) is 12.5 Å². The fraction of sp³-hybridized carbons (Fsp3) is 0.429. The van der Waals surface area contributed by atoms with Crippen LogP contribution in [-0.2, 0) is 11.2 Å². The van der Waals surface area contributed by atoms with Crippen LogP contribution in [0.25, 0.3) is 11.4 Å². The molecule has 100 valence electrons. The third-order valence-corrected chi connectivity index (χ3v) is 3.27. The Morgan fingerprint density at radius 1 is 1.37 bits per heavy atom. The van der Waals surface area contributed by atoms with Crippen molar-refractivity contribution in [3.05, 3.63) is 35.7 Å². The molecule has 1 fully saturated rings.